The average Bonchev–Trinajstić information content (AvgIpc) is 3.53. The van der Waals surface area contributed by atoms with E-state index in [1.54, 1.807) is 0 Å². The summed E-state index contributed by atoms with van der Waals surface area (Å²) < 4.78 is 10.9. The summed E-state index contributed by atoms with van der Waals surface area (Å²) in [6.07, 6.45) is 7.27. The van der Waals surface area contributed by atoms with Crippen molar-refractivity contribution in [3.63, 3.8) is 0 Å². The van der Waals surface area contributed by atoms with Gasteiger partial charge >= 0.3 is 5.97 Å². The molecule has 1 atom stereocenters. The van der Waals surface area contributed by atoms with Crippen LogP contribution in [0.4, 0.5) is 0 Å². The normalized spacial score (nSPS) is 20.6. The van der Waals surface area contributed by atoms with Crippen LogP contribution in [0, 0.1) is 18.3 Å². The molecule has 2 saturated carbocycles. The third-order valence-corrected chi connectivity index (χ3v) is 7.99. The third-order valence-electron chi connectivity index (χ3n) is 7.75. The van der Waals surface area contributed by atoms with E-state index in [-0.39, 0.29) is 24.1 Å². The predicted molar refractivity (Wildman–Crippen MR) is 142 cm³/mol. The van der Waals surface area contributed by atoms with Gasteiger partial charge in [-0.2, -0.15) is 0 Å². The van der Waals surface area contributed by atoms with Crippen LogP contribution in [0.15, 0.2) is 22.7 Å². The van der Waals surface area contributed by atoms with Gasteiger partial charge in [0.25, 0.3) is 0 Å². The lowest BCUT2D eigenvalue weighted by molar-refractivity contribution is -0.141. The SMILES string of the molecule is COC(=O)CCC(CC(=O)Cc1ccc(Cl)cc1C)c1noc(C2CC(CC(C)(C)C)C2)c1C1CC1. The van der Waals surface area contributed by atoms with E-state index in [0.29, 0.717) is 41.5 Å². The molecule has 1 aromatic heterocycles. The number of ketones is 1. The topological polar surface area (TPSA) is 69.4 Å². The van der Waals surface area contributed by atoms with E-state index in [1.807, 2.05) is 25.1 Å². The molecule has 0 N–H and O–H groups in total. The highest BCUT2D eigenvalue weighted by Gasteiger charge is 2.42. The lowest BCUT2D eigenvalue weighted by atomic mass is 9.66. The summed E-state index contributed by atoms with van der Waals surface area (Å²) in [4.78, 5) is 25.2. The summed E-state index contributed by atoms with van der Waals surface area (Å²) in [5, 5.41) is 5.25. The number of aromatic nitrogens is 1. The van der Waals surface area contributed by atoms with Gasteiger partial charge < -0.3 is 9.26 Å². The summed E-state index contributed by atoms with van der Waals surface area (Å²) in [7, 11) is 1.40. The Morgan fingerprint density at radius 2 is 1.92 bits per heavy atom. The Morgan fingerprint density at radius 3 is 2.53 bits per heavy atom. The predicted octanol–water partition coefficient (Wildman–Crippen LogP) is 7.68. The molecule has 6 heteroatoms. The zero-order valence-corrected chi connectivity index (χ0v) is 23.1. The van der Waals surface area contributed by atoms with E-state index in [4.69, 9.17) is 20.9 Å². The second-order valence-electron chi connectivity index (χ2n) is 12.2. The maximum atomic E-state index is 13.2. The molecule has 5 nitrogen and oxygen atoms in total. The zero-order chi connectivity index (χ0) is 26.0. The van der Waals surface area contributed by atoms with Crippen molar-refractivity contribution in [1.29, 1.82) is 0 Å². The van der Waals surface area contributed by atoms with E-state index in [0.717, 1.165) is 54.2 Å². The van der Waals surface area contributed by atoms with E-state index >= 15 is 0 Å². The van der Waals surface area contributed by atoms with Gasteiger partial charge in [-0.05, 0) is 86.0 Å². The minimum Gasteiger partial charge on any atom is -0.469 e. The third kappa shape index (κ3) is 6.79. The number of esters is 1. The number of ether oxygens (including phenoxy) is 1. The molecule has 2 fully saturated rings. The van der Waals surface area contributed by atoms with E-state index in [9.17, 15) is 9.59 Å². The van der Waals surface area contributed by atoms with Crippen LogP contribution < -0.4 is 0 Å². The minimum atomic E-state index is -0.262. The van der Waals surface area contributed by atoms with Crippen molar-refractivity contribution in [2.24, 2.45) is 11.3 Å². The van der Waals surface area contributed by atoms with Gasteiger partial charge in [-0.25, -0.2) is 0 Å². The lowest BCUT2D eigenvalue weighted by Gasteiger charge is -2.38. The van der Waals surface area contributed by atoms with Gasteiger partial charge in [0.15, 0.2) is 0 Å². The molecule has 0 aliphatic heterocycles. The highest BCUT2D eigenvalue weighted by Crippen LogP contribution is 2.53. The van der Waals surface area contributed by atoms with Crippen LogP contribution in [-0.4, -0.2) is 24.0 Å². The number of hydrogen-bond acceptors (Lipinski definition) is 5. The number of hydrogen-bond donors (Lipinski definition) is 0. The van der Waals surface area contributed by atoms with Gasteiger partial charge in [0.05, 0.1) is 12.8 Å². The first-order valence-corrected chi connectivity index (χ1v) is 13.7. The molecule has 196 valence electrons. The maximum absolute atomic E-state index is 13.2. The molecule has 1 heterocycles. The van der Waals surface area contributed by atoms with Crippen molar-refractivity contribution >= 4 is 23.4 Å². The standard InChI is InChI=1S/C30H40ClNO4/c1-18-12-24(31)10-8-21(18)15-25(33)16-22(9-11-26(34)35-5)28-27(20-6-7-20)29(36-32-28)23-13-19(14-23)17-30(2,3)4/h8,10,12,19-20,22-23H,6-7,9,11,13-17H2,1-5H3. The number of halogens is 1. The molecule has 1 aromatic carbocycles. The first-order valence-electron chi connectivity index (χ1n) is 13.4. The quantitative estimate of drug-likeness (QED) is 0.288. The Hall–Kier alpha value is -2.14. The summed E-state index contributed by atoms with van der Waals surface area (Å²) >= 11 is 6.09. The number of Topliss-reactive ketones (excluding diaryl/α,β-unsaturated/α-hetero) is 1. The molecule has 1 unspecified atom stereocenters. The van der Waals surface area contributed by atoms with Crippen LogP contribution >= 0.6 is 11.6 Å². The number of carbonyl (C=O) groups is 2. The monoisotopic (exact) mass is 513 g/mol. The van der Waals surface area contributed by atoms with Crippen LogP contribution in [0.2, 0.25) is 5.02 Å². The molecule has 4 rings (SSSR count). The molecule has 2 aliphatic carbocycles. The largest absolute Gasteiger partial charge is 0.469 e. The van der Waals surface area contributed by atoms with Crippen molar-refractivity contribution in [3.05, 3.63) is 51.4 Å². The Morgan fingerprint density at radius 1 is 1.19 bits per heavy atom. The number of benzene rings is 1. The Bertz CT molecular complexity index is 1090. The number of nitrogens with zero attached hydrogens (tertiary/aromatic N) is 1. The molecule has 0 spiro atoms. The van der Waals surface area contributed by atoms with Crippen LogP contribution in [0.1, 0.15) is 118 Å². The average molecular weight is 514 g/mol. The van der Waals surface area contributed by atoms with Gasteiger partial charge in [0, 0.05) is 41.7 Å². The number of methoxy groups -OCH3 is 1. The lowest BCUT2D eigenvalue weighted by Crippen LogP contribution is -2.26. The van der Waals surface area contributed by atoms with Crippen molar-refractivity contribution < 1.29 is 18.8 Å². The number of rotatable bonds is 11. The van der Waals surface area contributed by atoms with E-state index < -0.39 is 0 Å². The van der Waals surface area contributed by atoms with Gasteiger partial charge in [-0.1, -0.05) is 43.6 Å². The summed E-state index contributed by atoms with van der Waals surface area (Å²) in [5.41, 5.74) is 4.47. The molecular formula is C30H40ClNO4. The summed E-state index contributed by atoms with van der Waals surface area (Å²) in [5.74, 6) is 2.39. The summed E-state index contributed by atoms with van der Waals surface area (Å²) in [6, 6.07) is 5.64. The van der Waals surface area contributed by atoms with Crippen LogP contribution in [0.3, 0.4) is 0 Å². The number of carbonyl (C=O) groups excluding carboxylic acids is 2. The van der Waals surface area contributed by atoms with Gasteiger partial charge in [0.1, 0.15) is 11.5 Å². The Kier molecular flexibility index (Phi) is 8.28. The maximum Gasteiger partial charge on any atom is 0.305 e. The van der Waals surface area contributed by atoms with Crippen LogP contribution in [0.25, 0.3) is 0 Å². The minimum absolute atomic E-state index is 0.135. The highest BCUT2D eigenvalue weighted by molar-refractivity contribution is 6.30. The number of aryl methyl sites for hydroxylation is 1. The molecule has 0 amide bonds. The first-order chi connectivity index (χ1) is 17.0. The van der Waals surface area contributed by atoms with E-state index in [2.05, 4.69) is 25.9 Å². The van der Waals surface area contributed by atoms with Gasteiger partial charge in [0.2, 0.25) is 0 Å². The van der Waals surface area contributed by atoms with Crippen molar-refractivity contribution in [1.82, 2.24) is 5.16 Å². The molecule has 36 heavy (non-hydrogen) atoms. The summed E-state index contributed by atoms with van der Waals surface area (Å²) in [6.45, 7) is 8.88. The van der Waals surface area contributed by atoms with E-state index in [1.165, 1.54) is 19.1 Å². The van der Waals surface area contributed by atoms with Gasteiger partial charge in [-0.15, -0.1) is 0 Å². The highest BCUT2D eigenvalue weighted by atomic mass is 35.5. The van der Waals surface area contributed by atoms with Crippen molar-refractivity contribution in [2.75, 3.05) is 7.11 Å². The molecule has 0 saturated heterocycles. The molecule has 2 aliphatic rings. The molecule has 2 aromatic rings. The van der Waals surface area contributed by atoms with Crippen LogP contribution in [0.5, 0.6) is 0 Å². The van der Waals surface area contributed by atoms with Gasteiger partial charge in [-0.3, -0.25) is 9.59 Å². The fourth-order valence-corrected chi connectivity index (χ4v) is 6.05. The Balaban J connectivity index is 1.52. The second kappa shape index (κ2) is 11.1. The first kappa shape index (κ1) is 26.9. The smallest absolute Gasteiger partial charge is 0.305 e. The molecular weight excluding hydrogens is 474 g/mol. The van der Waals surface area contributed by atoms with Crippen molar-refractivity contribution in [2.45, 2.75) is 103 Å². The fraction of sp³-hybridized carbons (Fsp3) is 0.633. The fourth-order valence-electron chi connectivity index (χ4n) is 5.82. The van der Waals surface area contributed by atoms with Crippen LogP contribution in [-0.2, 0) is 20.7 Å². The molecule has 0 bridgehead atoms. The van der Waals surface area contributed by atoms with Crippen molar-refractivity contribution in [3.8, 4) is 0 Å². The second-order valence-corrected chi connectivity index (χ2v) is 12.7. The Labute approximate surface area is 220 Å². The molecule has 0 radical (unpaired) electrons. The zero-order valence-electron chi connectivity index (χ0n) is 22.4.